The molecule has 0 aliphatic heterocycles. The Morgan fingerprint density at radius 3 is 2.75 bits per heavy atom. The molecule has 0 aromatic heterocycles. The van der Waals surface area contributed by atoms with Gasteiger partial charge in [-0.25, -0.2) is 0 Å². The van der Waals surface area contributed by atoms with E-state index in [1.807, 2.05) is 24.3 Å². The Balaban J connectivity index is 2.21. The normalized spacial score (nSPS) is 10.1. The van der Waals surface area contributed by atoms with Crippen molar-refractivity contribution in [3.8, 4) is 5.75 Å². The fourth-order valence-electron chi connectivity index (χ4n) is 1.40. The summed E-state index contributed by atoms with van der Waals surface area (Å²) in [6.45, 7) is 4.56. The van der Waals surface area contributed by atoms with Gasteiger partial charge in [0.25, 0.3) is 0 Å². The molecule has 1 N–H and O–H groups in total. The van der Waals surface area contributed by atoms with Crippen molar-refractivity contribution in [2.45, 2.75) is 19.8 Å². The van der Waals surface area contributed by atoms with Crippen molar-refractivity contribution in [1.82, 2.24) is 0 Å². The van der Waals surface area contributed by atoms with Crippen LogP contribution >= 0.6 is 0 Å². The zero-order valence-electron chi connectivity index (χ0n) is 10.2. The lowest BCUT2D eigenvalue weighted by Gasteiger charge is -2.10. The maximum atomic E-state index is 5.47. The van der Waals surface area contributed by atoms with Gasteiger partial charge in [-0.2, -0.15) is 0 Å². The lowest BCUT2D eigenvalue weighted by atomic mass is 10.3. The molecule has 1 aromatic carbocycles. The number of hydrogen-bond acceptors (Lipinski definition) is 3. The third kappa shape index (κ3) is 4.53. The number of anilines is 1. The summed E-state index contributed by atoms with van der Waals surface area (Å²) >= 11 is 0. The molecule has 16 heavy (non-hydrogen) atoms. The van der Waals surface area contributed by atoms with Crippen LogP contribution in [-0.2, 0) is 4.74 Å². The molecule has 3 nitrogen and oxygen atoms in total. The van der Waals surface area contributed by atoms with Crippen molar-refractivity contribution < 1.29 is 9.47 Å². The van der Waals surface area contributed by atoms with Crippen LogP contribution in [0.5, 0.6) is 5.75 Å². The van der Waals surface area contributed by atoms with Crippen molar-refractivity contribution in [2.24, 2.45) is 0 Å². The monoisotopic (exact) mass is 223 g/mol. The zero-order chi connectivity index (χ0) is 11.6. The molecule has 0 saturated carbocycles. The molecule has 0 unspecified atom stereocenters. The quantitative estimate of drug-likeness (QED) is 0.687. The Bertz CT molecular complexity index is 289. The van der Waals surface area contributed by atoms with Gasteiger partial charge in [-0.1, -0.05) is 25.5 Å². The van der Waals surface area contributed by atoms with Gasteiger partial charge in [0.15, 0.2) is 0 Å². The summed E-state index contributed by atoms with van der Waals surface area (Å²) in [6.07, 6.45) is 2.31. The lowest BCUT2D eigenvalue weighted by Crippen LogP contribution is -2.10. The van der Waals surface area contributed by atoms with Crippen LogP contribution in [0.3, 0.4) is 0 Å². The van der Waals surface area contributed by atoms with E-state index < -0.39 is 0 Å². The largest absolute Gasteiger partial charge is 0.495 e. The topological polar surface area (TPSA) is 30.5 Å². The molecule has 3 heteroatoms. The number of methoxy groups -OCH3 is 1. The fourth-order valence-corrected chi connectivity index (χ4v) is 1.40. The average molecular weight is 223 g/mol. The number of rotatable bonds is 8. The number of nitrogens with one attached hydrogen (secondary N) is 1. The van der Waals surface area contributed by atoms with Gasteiger partial charge in [0.1, 0.15) is 5.75 Å². The molecule has 0 atom stereocenters. The Morgan fingerprint density at radius 1 is 1.19 bits per heavy atom. The van der Waals surface area contributed by atoms with Gasteiger partial charge >= 0.3 is 0 Å². The molecule has 0 aliphatic rings. The van der Waals surface area contributed by atoms with Gasteiger partial charge in [-0.05, 0) is 18.6 Å². The number of para-hydroxylation sites is 2. The van der Waals surface area contributed by atoms with E-state index in [0.717, 1.165) is 37.6 Å². The third-order valence-corrected chi connectivity index (χ3v) is 2.31. The van der Waals surface area contributed by atoms with Gasteiger partial charge in [0, 0.05) is 13.2 Å². The molecule has 0 heterocycles. The minimum Gasteiger partial charge on any atom is -0.495 e. The number of unbranched alkanes of at least 4 members (excludes halogenated alkanes) is 1. The van der Waals surface area contributed by atoms with Crippen molar-refractivity contribution in [2.75, 3.05) is 32.2 Å². The molecule has 0 fully saturated rings. The molecule has 0 bridgehead atoms. The predicted octanol–water partition coefficient (Wildman–Crippen LogP) is 2.92. The summed E-state index contributed by atoms with van der Waals surface area (Å²) in [7, 11) is 1.68. The molecule has 0 saturated heterocycles. The average Bonchev–Trinajstić information content (AvgIpc) is 2.34. The molecule has 90 valence electrons. The fraction of sp³-hybridized carbons (Fsp3) is 0.538. The highest BCUT2D eigenvalue weighted by Gasteiger charge is 1.99. The predicted molar refractivity (Wildman–Crippen MR) is 67.2 cm³/mol. The van der Waals surface area contributed by atoms with Gasteiger partial charge in [-0.15, -0.1) is 0 Å². The maximum absolute atomic E-state index is 5.47. The minimum atomic E-state index is 0.734. The van der Waals surface area contributed by atoms with E-state index in [9.17, 15) is 0 Å². The summed E-state index contributed by atoms with van der Waals surface area (Å²) < 4.78 is 10.7. The van der Waals surface area contributed by atoms with E-state index in [-0.39, 0.29) is 0 Å². The highest BCUT2D eigenvalue weighted by Crippen LogP contribution is 2.22. The van der Waals surface area contributed by atoms with Crippen LogP contribution in [0.15, 0.2) is 24.3 Å². The third-order valence-electron chi connectivity index (χ3n) is 2.31. The van der Waals surface area contributed by atoms with Crippen LogP contribution in [0.2, 0.25) is 0 Å². The van der Waals surface area contributed by atoms with Crippen LogP contribution in [-0.4, -0.2) is 26.9 Å². The van der Waals surface area contributed by atoms with Crippen molar-refractivity contribution in [1.29, 1.82) is 0 Å². The number of hydrogen-bond donors (Lipinski definition) is 1. The van der Waals surface area contributed by atoms with Crippen LogP contribution in [0, 0.1) is 0 Å². The molecule has 0 spiro atoms. The van der Waals surface area contributed by atoms with Crippen LogP contribution in [0.25, 0.3) is 0 Å². The Morgan fingerprint density at radius 2 is 2.00 bits per heavy atom. The first-order valence-electron chi connectivity index (χ1n) is 5.83. The Labute approximate surface area is 97.8 Å². The first-order chi connectivity index (χ1) is 7.88. The second-order valence-corrected chi connectivity index (χ2v) is 3.59. The summed E-state index contributed by atoms with van der Waals surface area (Å²) in [5.74, 6) is 0.871. The molecular weight excluding hydrogens is 202 g/mol. The van der Waals surface area contributed by atoms with E-state index in [1.54, 1.807) is 7.11 Å². The molecule has 0 aliphatic carbocycles. The van der Waals surface area contributed by atoms with Crippen LogP contribution in [0.4, 0.5) is 5.69 Å². The van der Waals surface area contributed by atoms with Crippen LogP contribution in [0.1, 0.15) is 19.8 Å². The second-order valence-electron chi connectivity index (χ2n) is 3.59. The van der Waals surface area contributed by atoms with E-state index in [0.29, 0.717) is 0 Å². The second kappa shape index (κ2) is 7.99. The van der Waals surface area contributed by atoms with Gasteiger partial charge in [0.05, 0.1) is 19.4 Å². The smallest absolute Gasteiger partial charge is 0.141 e. The van der Waals surface area contributed by atoms with Crippen LogP contribution < -0.4 is 10.1 Å². The summed E-state index contributed by atoms with van der Waals surface area (Å²) in [6, 6.07) is 7.90. The molecule has 1 rings (SSSR count). The lowest BCUT2D eigenvalue weighted by molar-refractivity contribution is 0.141. The molecule has 1 aromatic rings. The van der Waals surface area contributed by atoms with E-state index in [1.165, 1.54) is 6.42 Å². The van der Waals surface area contributed by atoms with Crippen molar-refractivity contribution >= 4 is 5.69 Å². The zero-order valence-corrected chi connectivity index (χ0v) is 10.2. The van der Waals surface area contributed by atoms with Gasteiger partial charge in [-0.3, -0.25) is 0 Å². The van der Waals surface area contributed by atoms with Crippen molar-refractivity contribution in [3.05, 3.63) is 24.3 Å². The highest BCUT2D eigenvalue weighted by molar-refractivity contribution is 5.55. The SMILES string of the molecule is CCCCOCCNc1ccccc1OC. The number of ether oxygens (including phenoxy) is 2. The molecule has 0 amide bonds. The highest BCUT2D eigenvalue weighted by atomic mass is 16.5. The molecule has 0 radical (unpaired) electrons. The van der Waals surface area contributed by atoms with Gasteiger partial charge < -0.3 is 14.8 Å². The number of benzene rings is 1. The first kappa shape index (κ1) is 12.8. The summed E-state index contributed by atoms with van der Waals surface area (Å²) in [5, 5.41) is 3.29. The maximum Gasteiger partial charge on any atom is 0.141 e. The molecular formula is C13H21NO2. The summed E-state index contributed by atoms with van der Waals surface area (Å²) in [5.41, 5.74) is 1.02. The standard InChI is InChI=1S/C13H21NO2/c1-3-4-10-16-11-9-14-12-7-5-6-8-13(12)15-2/h5-8,14H,3-4,9-11H2,1-2H3. The Hall–Kier alpha value is -1.22. The van der Waals surface area contributed by atoms with E-state index >= 15 is 0 Å². The van der Waals surface area contributed by atoms with E-state index in [2.05, 4.69) is 12.2 Å². The first-order valence-corrected chi connectivity index (χ1v) is 5.83. The minimum absolute atomic E-state index is 0.734. The van der Waals surface area contributed by atoms with Gasteiger partial charge in [0.2, 0.25) is 0 Å². The Kier molecular flexibility index (Phi) is 6.42. The summed E-state index contributed by atoms with van der Waals surface area (Å²) in [4.78, 5) is 0. The van der Waals surface area contributed by atoms with E-state index in [4.69, 9.17) is 9.47 Å². The van der Waals surface area contributed by atoms with Crippen molar-refractivity contribution in [3.63, 3.8) is 0 Å².